The van der Waals surface area contributed by atoms with Gasteiger partial charge in [0, 0.05) is 5.03 Å². The Morgan fingerprint density at radius 1 is 1.77 bits per heavy atom. The zero-order valence-corrected chi connectivity index (χ0v) is 8.98. The molecule has 1 amide bonds. The van der Waals surface area contributed by atoms with Gasteiger partial charge in [0.05, 0.1) is 17.3 Å². The van der Waals surface area contributed by atoms with Crippen LogP contribution >= 0.6 is 27.5 Å². The van der Waals surface area contributed by atoms with Gasteiger partial charge in [-0.2, -0.15) is 0 Å². The summed E-state index contributed by atoms with van der Waals surface area (Å²) < 4.78 is 5.54. The minimum absolute atomic E-state index is 0.230. The molecule has 0 aliphatic rings. The quantitative estimate of drug-likeness (QED) is 0.911. The van der Waals surface area contributed by atoms with Crippen LogP contribution in [0.5, 0.6) is 0 Å². The first kappa shape index (κ1) is 10.3. The van der Waals surface area contributed by atoms with Crippen molar-refractivity contribution >= 4 is 33.4 Å². The van der Waals surface area contributed by atoms with E-state index in [0.29, 0.717) is 9.51 Å². The Bertz CT molecular complexity index is 335. The molecule has 0 saturated carbocycles. The fourth-order valence-corrected chi connectivity index (χ4v) is 1.16. The molecule has 0 bridgehead atoms. The summed E-state index contributed by atoms with van der Waals surface area (Å²) in [7, 11) is 0. The Morgan fingerprint density at radius 3 is 2.92 bits per heavy atom. The second-order valence-electron chi connectivity index (χ2n) is 2.30. The van der Waals surface area contributed by atoms with Crippen LogP contribution in [0.3, 0.4) is 0 Å². The molecule has 0 aromatic carbocycles. The lowest BCUT2D eigenvalue weighted by molar-refractivity contribution is 0.0929. The Kier molecular flexibility index (Phi) is 3.57. The molecule has 0 unspecified atom stereocenters. The topological polar surface area (TPSA) is 42.2 Å². The van der Waals surface area contributed by atoms with Gasteiger partial charge in [0.1, 0.15) is 0 Å². The molecule has 1 rings (SSSR count). The van der Waals surface area contributed by atoms with Crippen molar-refractivity contribution in [3.63, 3.8) is 0 Å². The molecule has 3 nitrogen and oxygen atoms in total. The highest BCUT2D eigenvalue weighted by Crippen LogP contribution is 2.17. The summed E-state index contributed by atoms with van der Waals surface area (Å²) in [6, 6.07) is 1.64. The third-order valence-electron chi connectivity index (χ3n) is 1.26. The fourth-order valence-electron chi connectivity index (χ4n) is 0.712. The van der Waals surface area contributed by atoms with Gasteiger partial charge in [-0.05, 0) is 22.0 Å². The van der Waals surface area contributed by atoms with Crippen LogP contribution in [-0.4, -0.2) is 12.5 Å². The van der Waals surface area contributed by atoms with Crippen molar-refractivity contribution in [2.75, 3.05) is 6.54 Å². The summed E-state index contributed by atoms with van der Waals surface area (Å²) in [5.74, 6) is -0.0865. The van der Waals surface area contributed by atoms with Crippen LogP contribution in [0, 0.1) is 0 Å². The van der Waals surface area contributed by atoms with E-state index in [9.17, 15) is 4.79 Å². The highest BCUT2D eigenvalue weighted by atomic mass is 79.9. The number of halogens is 2. The van der Waals surface area contributed by atoms with Crippen LogP contribution < -0.4 is 5.32 Å². The average Bonchev–Trinajstić information content (AvgIpc) is 2.47. The molecular weight excluding hydrogens is 257 g/mol. The predicted molar refractivity (Wildman–Crippen MR) is 53.7 cm³/mol. The van der Waals surface area contributed by atoms with E-state index in [0.717, 1.165) is 0 Å². The number of nitrogens with one attached hydrogen (secondary N) is 1. The van der Waals surface area contributed by atoms with Gasteiger partial charge >= 0.3 is 0 Å². The van der Waals surface area contributed by atoms with Crippen LogP contribution in [-0.2, 0) is 0 Å². The average molecular weight is 265 g/mol. The van der Waals surface area contributed by atoms with Crippen LogP contribution in [0.2, 0.25) is 0 Å². The molecule has 1 aromatic rings. The summed E-state index contributed by atoms with van der Waals surface area (Å²) in [6.07, 6.45) is 1.43. The molecule has 0 spiro atoms. The van der Waals surface area contributed by atoms with Crippen molar-refractivity contribution in [3.05, 3.63) is 34.2 Å². The zero-order valence-electron chi connectivity index (χ0n) is 6.64. The molecule has 0 saturated heterocycles. The maximum atomic E-state index is 11.3. The van der Waals surface area contributed by atoms with Crippen LogP contribution in [0.25, 0.3) is 0 Å². The lowest BCUT2D eigenvalue weighted by Crippen LogP contribution is -2.24. The third kappa shape index (κ3) is 2.90. The number of carbonyl (C=O) groups is 1. The number of amides is 1. The van der Waals surface area contributed by atoms with Crippen molar-refractivity contribution in [2.24, 2.45) is 0 Å². The Labute approximate surface area is 88.9 Å². The molecule has 0 aliphatic carbocycles. The molecule has 1 aromatic heterocycles. The molecule has 0 atom stereocenters. The van der Waals surface area contributed by atoms with Gasteiger partial charge in [0.2, 0.25) is 5.76 Å². The second-order valence-corrected chi connectivity index (χ2v) is 3.69. The standard InChI is InChI=1S/C8H7BrClNO2/c1-5(10)4-11-8(12)7-6(9)2-3-13-7/h2-3H,1,4H2,(H,11,12). The minimum atomic E-state index is -0.321. The minimum Gasteiger partial charge on any atom is -0.458 e. The number of furan rings is 1. The third-order valence-corrected chi connectivity index (χ3v) is 2.02. The molecule has 1 N–H and O–H groups in total. The molecule has 5 heteroatoms. The predicted octanol–water partition coefficient (Wildman–Crippen LogP) is 2.52. The van der Waals surface area contributed by atoms with E-state index in [2.05, 4.69) is 27.8 Å². The number of carbonyl (C=O) groups excluding carboxylic acids is 1. The van der Waals surface area contributed by atoms with Crippen molar-refractivity contribution in [1.82, 2.24) is 5.32 Å². The van der Waals surface area contributed by atoms with E-state index in [1.54, 1.807) is 6.07 Å². The summed E-state index contributed by atoms with van der Waals surface area (Å²) >= 11 is 8.64. The highest BCUT2D eigenvalue weighted by molar-refractivity contribution is 9.10. The zero-order chi connectivity index (χ0) is 9.84. The Hall–Kier alpha value is -0.740. The summed E-state index contributed by atoms with van der Waals surface area (Å²) in [5.41, 5.74) is 0. The first-order chi connectivity index (χ1) is 6.11. The van der Waals surface area contributed by atoms with Gasteiger partial charge in [-0.3, -0.25) is 4.79 Å². The van der Waals surface area contributed by atoms with E-state index in [1.807, 2.05) is 0 Å². The SMILES string of the molecule is C=C(Cl)CNC(=O)c1occc1Br. The molecule has 1 heterocycles. The van der Waals surface area contributed by atoms with E-state index in [4.69, 9.17) is 16.0 Å². The van der Waals surface area contributed by atoms with Gasteiger partial charge in [-0.15, -0.1) is 0 Å². The first-order valence-corrected chi connectivity index (χ1v) is 4.63. The van der Waals surface area contributed by atoms with E-state index in [-0.39, 0.29) is 18.2 Å². The van der Waals surface area contributed by atoms with Gasteiger partial charge < -0.3 is 9.73 Å². The van der Waals surface area contributed by atoms with Gasteiger partial charge in [0.25, 0.3) is 5.91 Å². The van der Waals surface area contributed by atoms with E-state index in [1.165, 1.54) is 6.26 Å². The molecule has 13 heavy (non-hydrogen) atoms. The molecule has 70 valence electrons. The van der Waals surface area contributed by atoms with Crippen molar-refractivity contribution in [1.29, 1.82) is 0 Å². The number of hydrogen-bond acceptors (Lipinski definition) is 2. The van der Waals surface area contributed by atoms with Crippen molar-refractivity contribution in [3.8, 4) is 0 Å². The second kappa shape index (κ2) is 4.48. The van der Waals surface area contributed by atoms with Gasteiger partial charge in [-0.25, -0.2) is 0 Å². The largest absolute Gasteiger partial charge is 0.458 e. The lowest BCUT2D eigenvalue weighted by atomic mass is 10.4. The number of rotatable bonds is 3. The van der Waals surface area contributed by atoms with Gasteiger partial charge in [-0.1, -0.05) is 18.2 Å². The first-order valence-electron chi connectivity index (χ1n) is 3.45. The molecule has 0 aliphatic heterocycles. The van der Waals surface area contributed by atoms with Crippen LogP contribution in [0.15, 0.2) is 32.8 Å². The molecule has 0 radical (unpaired) electrons. The van der Waals surface area contributed by atoms with Crippen LogP contribution in [0.4, 0.5) is 0 Å². The van der Waals surface area contributed by atoms with E-state index < -0.39 is 0 Å². The fraction of sp³-hybridized carbons (Fsp3) is 0.125. The Balaban J connectivity index is 2.59. The molecular formula is C8H7BrClNO2. The summed E-state index contributed by atoms with van der Waals surface area (Å²) in [4.78, 5) is 11.3. The highest BCUT2D eigenvalue weighted by Gasteiger charge is 2.12. The van der Waals surface area contributed by atoms with E-state index >= 15 is 0 Å². The summed E-state index contributed by atoms with van der Waals surface area (Å²) in [6.45, 7) is 3.67. The number of hydrogen-bond donors (Lipinski definition) is 1. The maximum absolute atomic E-state index is 11.3. The maximum Gasteiger partial charge on any atom is 0.288 e. The van der Waals surface area contributed by atoms with Crippen molar-refractivity contribution in [2.45, 2.75) is 0 Å². The molecule has 0 fully saturated rings. The Morgan fingerprint density at radius 2 is 2.46 bits per heavy atom. The normalized spacial score (nSPS) is 9.69. The van der Waals surface area contributed by atoms with Crippen LogP contribution in [0.1, 0.15) is 10.6 Å². The van der Waals surface area contributed by atoms with Gasteiger partial charge in [0.15, 0.2) is 0 Å². The smallest absolute Gasteiger partial charge is 0.288 e. The van der Waals surface area contributed by atoms with Crippen molar-refractivity contribution < 1.29 is 9.21 Å². The monoisotopic (exact) mass is 263 g/mol. The summed E-state index contributed by atoms with van der Waals surface area (Å²) in [5, 5.41) is 2.90. The lowest BCUT2D eigenvalue weighted by Gasteiger charge is -2.00.